The molecule has 0 aliphatic heterocycles. The summed E-state index contributed by atoms with van der Waals surface area (Å²) in [6.07, 6.45) is 1.41. The van der Waals surface area contributed by atoms with Gasteiger partial charge in [0.25, 0.3) is 5.91 Å². The third kappa shape index (κ3) is 2.88. The van der Waals surface area contributed by atoms with Crippen molar-refractivity contribution in [3.8, 4) is 0 Å². The minimum Gasteiger partial charge on any atom is -0.380 e. The molecule has 3 nitrogen and oxygen atoms in total. The van der Waals surface area contributed by atoms with E-state index < -0.39 is 0 Å². The van der Waals surface area contributed by atoms with E-state index in [1.807, 2.05) is 18.2 Å². The highest BCUT2D eigenvalue weighted by Gasteiger charge is 2.26. The molecular weight excluding hydrogens is 281 g/mol. The van der Waals surface area contributed by atoms with Crippen molar-refractivity contribution in [3.63, 3.8) is 0 Å². The van der Waals surface area contributed by atoms with Crippen molar-refractivity contribution in [2.45, 2.75) is 25.5 Å². The molecule has 0 spiro atoms. The highest BCUT2D eigenvalue weighted by atomic mass is 19.1. The Morgan fingerprint density at radius 3 is 2.77 bits per heavy atom. The van der Waals surface area contributed by atoms with E-state index in [9.17, 15) is 9.18 Å². The van der Waals surface area contributed by atoms with Gasteiger partial charge in [-0.25, -0.2) is 4.39 Å². The van der Waals surface area contributed by atoms with Crippen LogP contribution in [-0.4, -0.2) is 13.0 Å². The van der Waals surface area contributed by atoms with E-state index in [1.165, 1.54) is 6.07 Å². The summed E-state index contributed by atoms with van der Waals surface area (Å²) in [6.45, 7) is 0.525. The fourth-order valence-electron chi connectivity index (χ4n) is 2.92. The molecule has 3 rings (SSSR count). The van der Waals surface area contributed by atoms with Gasteiger partial charge < -0.3 is 10.1 Å². The predicted octanol–water partition coefficient (Wildman–Crippen LogP) is 3.39. The first-order valence-corrected chi connectivity index (χ1v) is 7.35. The summed E-state index contributed by atoms with van der Waals surface area (Å²) in [6, 6.07) is 12.3. The second-order valence-electron chi connectivity index (χ2n) is 5.50. The Morgan fingerprint density at radius 2 is 2.05 bits per heavy atom. The van der Waals surface area contributed by atoms with E-state index in [-0.39, 0.29) is 17.8 Å². The number of nitrogens with one attached hydrogen (secondary N) is 1. The maximum Gasteiger partial charge on any atom is 0.251 e. The van der Waals surface area contributed by atoms with Gasteiger partial charge in [0.15, 0.2) is 0 Å². The molecule has 1 amide bonds. The van der Waals surface area contributed by atoms with Crippen LogP contribution in [0.3, 0.4) is 0 Å². The summed E-state index contributed by atoms with van der Waals surface area (Å²) in [5.41, 5.74) is 3.24. The molecule has 0 heterocycles. The summed E-state index contributed by atoms with van der Waals surface area (Å²) in [7, 11) is 1.64. The standard InChI is InChI=1S/C18H18FNO2/c1-22-11-12-5-7-13(8-6-12)18(21)20-17-10-9-14-15(17)3-2-4-16(14)19/h2-8,17H,9-11H2,1H3,(H,20,21). The summed E-state index contributed by atoms with van der Waals surface area (Å²) >= 11 is 0. The zero-order chi connectivity index (χ0) is 15.5. The molecule has 4 heteroatoms. The van der Waals surface area contributed by atoms with Gasteiger partial charge in [-0.3, -0.25) is 4.79 Å². The van der Waals surface area contributed by atoms with Crippen molar-refractivity contribution in [3.05, 3.63) is 70.5 Å². The second-order valence-corrected chi connectivity index (χ2v) is 5.50. The van der Waals surface area contributed by atoms with Gasteiger partial charge in [-0.2, -0.15) is 0 Å². The van der Waals surface area contributed by atoms with Gasteiger partial charge in [0, 0.05) is 12.7 Å². The number of amides is 1. The molecule has 2 aromatic rings. The molecule has 1 aliphatic carbocycles. The molecule has 0 fully saturated rings. The maximum absolute atomic E-state index is 13.7. The van der Waals surface area contributed by atoms with Crippen molar-refractivity contribution in [2.75, 3.05) is 7.11 Å². The molecule has 22 heavy (non-hydrogen) atoms. The highest BCUT2D eigenvalue weighted by molar-refractivity contribution is 5.94. The van der Waals surface area contributed by atoms with E-state index in [1.54, 1.807) is 25.3 Å². The molecule has 1 N–H and O–H groups in total. The van der Waals surface area contributed by atoms with E-state index in [0.29, 0.717) is 18.6 Å². The van der Waals surface area contributed by atoms with Crippen LogP contribution < -0.4 is 5.32 Å². The van der Waals surface area contributed by atoms with Gasteiger partial charge in [-0.1, -0.05) is 24.3 Å². The van der Waals surface area contributed by atoms with Crippen LogP contribution in [0.4, 0.5) is 4.39 Å². The number of carbonyl (C=O) groups excluding carboxylic acids is 1. The largest absolute Gasteiger partial charge is 0.380 e. The van der Waals surface area contributed by atoms with Crippen molar-refractivity contribution in [1.82, 2.24) is 5.32 Å². The number of ether oxygens (including phenoxy) is 1. The predicted molar refractivity (Wildman–Crippen MR) is 82.1 cm³/mol. The van der Waals surface area contributed by atoms with Crippen LogP contribution >= 0.6 is 0 Å². The van der Waals surface area contributed by atoms with Crippen molar-refractivity contribution < 1.29 is 13.9 Å². The number of methoxy groups -OCH3 is 1. The zero-order valence-electron chi connectivity index (χ0n) is 12.4. The molecule has 0 radical (unpaired) electrons. The Morgan fingerprint density at radius 1 is 1.27 bits per heavy atom. The molecule has 0 saturated heterocycles. The fourth-order valence-corrected chi connectivity index (χ4v) is 2.92. The van der Waals surface area contributed by atoms with Crippen LogP contribution in [0.5, 0.6) is 0 Å². The Bertz CT molecular complexity index is 682. The van der Waals surface area contributed by atoms with E-state index in [4.69, 9.17) is 4.74 Å². The van der Waals surface area contributed by atoms with Gasteiger partial charge >= 0.3 is 0 Å². The Kier molecular flexibility index (Phi) is 4.20. The first-order valence-electron chi connectivity index (χ1n) is 7.35. The molecule has 0 aromatic heterocycles. The lowest BCUT2D eigenvalue weighted by Crippen LogP contribution is -2.27. The van der Waals surface area contributed by atoms with Gasteiger partial charge in [0.2, 0.25) is 0 Å². The third-order valence-corrected chi connectivity index (χ3v) is 4.05. The summed E-state index contributed by atoms with van der Waals surface area (Å²) in [5, 5.41) is 2.99. The quantitative estimate of drug-likeness (QED) is 0.940. The van der Waals surface area contributed by atoms with Gasteiger partial charge in [0.05, 0.1) is 12.6 Å². The van der Waals surface area contributed by atoms with Crippen molar-refractivity contribution in [1.29, 1.82) is 0 Å². The van der Waals surface area contributed by atoms with Crippen LogP contribution in [0.2, 0.25) is 0 Å². The number of halogens is 1. The number of rotatable bonds is 4. The molecule has 0 saturated carbocycles. The minimum absolute atomic E-state index is 0.114. The molecule has 1 unspecified atom stereocenters. The SMILES string of the molecule is COCc1ccc(C(=O)NC2CCc3c(F)cccc32)cc1. The average molecular weight is 299 g/mol. The lowest BCUT2D eigenvalue weighted by molar-refractivity contribution is 0.0936. The highest BCUT2D eigenvalue weighted by Crippen LogP contribution is 2.32. The van der Waals surface area contributed by atoms with Crippen molar-refractivity contribution >= 4 is 5.91 Å². The number of benzene rings is 2. The Hall–Kier alpha value is -2.20. The molecular formula is C18H18FNO2. The van der Waals surface area contributed by atoms with E-state index in [2.05, 4.69) is 5.32 Å². The molecule has 1 atom stereocenters. The third-order valence-electron chi connectivity index (χ3n) is 4.05. The minimum atomic E-state index is -0.182. The van der Waals surface area contributed by atoms with Crippen LogP contribution in [0.1, 0.15) is 39.5 Å². The van der Waals surface area contributed by atoms with Crippen LogP contribution in [0, 0.1) is 5.82 Å². The summed E-state index contributed by atoms with van der Waals surface area (Å²) in [5.74, 6) is -0.316. The molecule has 114 valence electrons. The molecule has 2 aromatic carbocycles. The topological polar surface area (TPSA) is 38.3 Å². The smallest absolute Gasteiger partial charge is 0.251 e. The van der Waals surface area contributed by atoms with E-state index in [0.717, 1.165) is 23.1 Å². The van der Waals surface area contributed by atoms with Crippen LogP contribution in [-0.2, 0) is 17.8 Å². The zero-order valence-corrected chi connectivity index (χ0v) is 12.4. The summed E-state index contributed by atoms with van der Waals surface area (Å²) < 4.78 is 18.8. The monoisotopic (exact) mass is 299 g/mol. The first kappa shape index (κ1) is 14.7. The van der Waals surface area contributed by atoms with Crippen LogP contribution in [0.25, 0.3) is 0 Å². The Labute approximate surface area is 129 Å². The van der Waals surface area contributed by atoms with E-state index >= 15 is 0 Å². The normalized spacial score (nSPS) is 16.4. The second kappa shape index (κ2) is 6.28. The lowest BCUT2D eigenvalue weighted by atomic mass is 10.1. The van der Waals surface area contributed by atoms with Crippen LogP contribution in [0.15, 0.2) is 42.5 Å². The van der Waals surface area contributed by atoms with Gasteiger partial charge in [0.1, 0.15) is 5.82 Å². The van der Waals surface area contributed by atoms with Gasteiger partial charge in [-0.15, -0.1) is 0 Å². The molecule has 1 aliphatic rings. The molecule has 0 bridgehead atoms. The number of carbonyl (C=O) groups is 1. The Balaban J connectivity index is 1.72. The first-order chi connectivity index (χ1) is 10.7. The van der Waals surface area contributed by atoms with Crippen molar-refractivity contribution in [2.24, 2.45) is 0 Å². The average Bonchev–Trinajstić information content (AvgIpc) is 2.93. The number of hydrogen-bond donors (Lipinski definition) is 1. The lowest BCUT2D eigenvalue weighted by Gasteiger charge is -2.14. The number of hydrogen-bond acceptors (Lipinski definition) is 2. The van der Waals surface area contributed by atoms with Gasteiger partial charge in [-0.05, 0) is 47.7 Å². The maximum atomic E-state index is 13.7. The fraction of sp³-hybridized carbons (Fsp3) is 0.278. The summed E-state index contributed by atoms with van der Waals surface area (Å²) in [4.78, 5) is 12.3. The number of fused-ring (bicyclic) bond motifs is 1.